The molecule has 2 heterocycles. The maximum absolute atomic E-state index is 12.8. The van der Waals surface area contributed by atoms with Crippen LogP contribution >= 0.6 is 22.4 Å². The standard InChI is InChI=1S/C12H13NO.C10H12FN.C2H6BIO.CH3NO/c1-9(6-7-14)11-8-13-12-5-3-2-4-10(11)12;1-12-5-4-8-6-10(11)3-2-9(8)7-12;1-3(4)5-2;2-1-3/h2-5,7-9,13H,6H2,1H3;2-3,6H,4-5,7H2,1H3;1-2H3;1H,(H2,2,3)/t9-;;;/m1.../s1. The number of fused-ring (bicyclic) bond motifs is 2. The van der Waals surface area contributed by atoms with Gasteiger partial charge in [0, 0.05) is 43.7 Å². The minimum absolute atomic E-state index is 0.113. The van der Waals surface area contributed by atoms with E-state index in [1.54, 1.807) is 13.2 Å². The van der Waals surface area contributed by atoms with Crippen molar-refractivity contribution in [1.29, 1.82) is 0 Å². The van der Waals surface area contributed by atoms with Crippen LogP contribution in [0.2, 0.25) is 6.82 Å². The van der Waals surface area contributed by atoms with E-state index in [0.717, 1.165) is 31.3 Å². The summed E-state index contributed by atoms with van der Waals surface area (Å²) in [6, 6.07) is 13.2. The van der Waals surface area contributed by atoms with E-state index in [-0.39, 0.29) is 12.2 Å². The number of carbonyl (C=O) groups excluding carboxylic acids is 2. The van der Waals surface area contributed by atoms with Gasteiger partial charge in [-0.25, -0.2) is 4.39 Å². The summed E-state index contributed by atoms with van der Waals surface area (Å²) in [6.45, 7) is 6.05. The number of amides is 1. The summed E-state index contributed by atoms with van der Waals surface area (Å²) >= 11 is 2.18. The molecule has 3 N–H and O–H groups in total. The molecule has 3 aromatic rings. The van der Waals surface area contributed by atoms with Crippen LogP contribution < -0.4 is 5.73 Å². The second-order valence-corrected chi connectivity index (χ2v) is 9.66. The second-order valence-electron chi connectivity index (χ2n) is 7.91. The van der Waals surface area contributed by atoms with Crippen LogP contribution in [0, 0.1) is 5.82 Å². The maximum Gasteiger partial charge on any atom is 0.361 e. The summed E-state index contributed by atoms with van der Waals surface area (Å²) in [5.74, 6) is 0.182. The molecule has 2 aromatic carbocycles. The van der Waals surface area contributed by atoms with Crippen molar-refractivity contribution >= 4 is 50.7 Å². The lowest BCUT2D eigenvalue weighted by molar-refractivity contribution is -0.108. The van der Waals surface area contributed by atoms with Crippen molar-refractivity contribution in [3.8, 4) is 0 Å². The van der Waals surface area contributed by atoms with Crippen LogP contribution in [0.5, 0.6) is 0 Å². The number of rotatable bonds is 4. The highest BCUT2D eigenvalue weighted by molar-refractivity contribution is 14.1. The van der Waals surface area contributed by atoms with Gasteiger partial charge in [-0.1, -0.05) is 31.2 Å². The van der Waals surface area contributed by atoms with Gasteiger partial charge in [0.05, 0.1) is 0 Å². The van der Waals surface area contributed by atoms with Gasteiger partial charge < -0.3 is 25.1 Å². The van der Waals surface area contributed by atoms with Crippen LogP contribution in [0.25, 0.3) is 10.9 Å². The van der Waals surface area contributed by atoms with Crippen molar-refractivity contribution in [2.24, 2.45) is 5.73 Å². The van der Waals surface area contributed by atoms with Crippen LogP contribution in [-0.2, 0) is 27.2 Å². The molecule has 1 aliphatic heterocycles. The van der Waals surface area contributed by atoms with Crippen molar-refractivity contribution < 1.29 is 18.6 Å². The van der Waals surface area contributed by atoms with Crippen molar-refractivity contribution in [1.82, 2.24) is 9.88 Å². The van der Waals surface area contributed by atoms with Gasteiger partial charge in [0.1, 0.15) is 12.1 Å². The molecule has 1 aromatic heterocycles. The van der Waals surface area contributed by atoms with Crippen molar-refractivity contribution in [3.63, 3.8) is 0 Å². The zero-order valence-corrected chi connectivity index (χ0v) is 22.4. The Morgan fingerprint density at radius 3 is 2.53 bits per heavy atom. The Balaban J connectivity index is 0.000000262. The number of nitrogens with one attached hydrogen (secondary N) is 1. The molecule has 0 radical (unpaired) electrons. The zero-order valence-electron chi connectivity index (χ0n) is 20.3. The number of nitrogens with zero attached hydrogens (tertiary/aromatic N) is 1. The average Bonchev–Trinajstić information content (AvgIpc) is 3.25. The number of aromatic amines is 1. The molecular formula is C25H34BFIN3O3. The van der Waals surface area contributed by atoms with Crippen molar-refractivity contribution in [2.75, 3.05) is 20.7 Å². The van der Waals surface area contributed by atoms with Gasteiger partial charge in [-0.15, -0.1) is 22.4 Å². The normalized spacial score (nSPS) is 13.0. The highest BCUT2D eigenvalue weighted by Gasteiger charge is 2.12. The zero-order chi connectivity index (χ0) is 25.5. The van der Waals surface area contributed by atoms with Gasteiger partial charge >= 0.3 is 4.77 Å². The fourth-order valence-corrected chi connectivity index (χ4v) is 3.44. The molecule has 0 spiro atoms. The molecule has 184 valence electrons. The fraction of sp³-hybridized carbons (Fsp3) is 0.360. The number of primary amides is 1. The molecule has 1 atom stereocenters. The predicted molar refractivity (Wildman–Crippen MR) is 147 cm³/mol. The van der Waals surface area contributed by atoms with E-state index in [1.807, 2.05) is 37.3 Å². The molecule has 0 bridgehead atoms. The van der Waals surface area contributed by atoms with Crippen LogP contribution in [0.3, 0.4) is 0 Å². The van der Waals surface area contributed by atoms with Crippen LogP contribution in [0.15, 0.2) is 48.7 Å². The van der Waals surface area contributed by atoms with E-state index in [9.17, 15) is 9.18 Å². The number of halogens is 2. The van der Waals surface area contributed by atoms with Crippen molar-refractivity contribution in [2.45, 2.75) is 39.1 Å². The molecule has 0 saturated carbocycles. The second kappa shape index (κ2) is 16.4. The molecule has 0 unspecified atom stereocenters. The molecule has 9 heteroatoms. The molecule has 0 aliphatic carbocycles. The summed E-state index contributed by atoms with van der Waals surface area (Å²) in [5, 5.41) is 1.22. The topological polar surface area (TPSA) is 88.4 Å². The SMILES string of the molecule is CN1CCc2cc(F)ccc2C1.COB(C)I.C[C@H](CC=O)c1c[nH]c2ccccc12.NC=O. The van der Waals surface area contributed by atoms with Gasteiger partial charge in [-0.2, -0.15) is 0 Å². The number of nitrogens with two attached hydrogens (primary N) is 1. The summed E-state index contributed by atoms with van der Waals surface area (Å²) in [6.07, 6.45) is 4.79. The Hall–Kier alpha value is -2.24. The Kier molecular flexibility index (Phi) is 14.4. The summed E-state index contributed by atoms with van der Waals surface area (Å²) in [7, 11) is 3.78. The van der Waals surface area contributed by atoms with E-state index < -0.39 is 0 Å². The molecular weight excluding hydrogens is 547 g/mol. The molecule has 4 rings (SSSR count). The Bertz CT molecular complexity index is 1020. The molecule has 6 nitrogen and oxygen atoms in total. The number of likely N-dealkylation sites (N-methyl/N-ethyl adjacent to an activating group) is 1. The quantitative estimate of drug-likeness (QED) is 0.259. The van der Waals surface area contributed by atoms with E-state index >= 15 is 0 Å². The lowest BCUT2D eigenvalue weighted by Gasteiger charge is -2.24. The van der Waals surface area contributed by atoms with Crippen LogP contribution in [-0.4, -0.2) is 48.1 Å². The minimum atomic E-state index is -0.113. The summed E-state index contributed by atoms with van der Waals surface area (Å²) < 4.78 is 17.9. The largest absolute Gasteiger partial charge is 0.429 e. The van der Waals surface area contributed by atoms with Crippen LogP contribution in [0.4, 0.5) is 4.39 Å². The van der Waals surface area contributed by atoms with Crippen molar-refractivity contribution in [3.05, 3.63) is 71.2 Å². The number of aldehydes is 1. The highest BCUT2D eigenvalue weighted by Crippen LogP contribution is 2.26. The maximum atomic E-state index is 12.8. The number of hydrogen-bond donors (Lipinski definition) is 2. The first kappa shape index (κ1) is 29.8. The van der Waals surface area contributed by atoms with Crippen LogP contribution in [0.1, 0.15) is 36.0 Å². The molecule has 0 fully saturated rings. The van der Waals surface area contributed by atoms with Gasteiger partial charge in [0.25, 0.3) is 0 Å². The Morgan fingerprint density at radius 2 is 1.91 bits per heavy atom. The Labute approximate surface area is 215 Å². The lowest BCUT2D eigenvalue weighted by atomic mass is 9.98. The number of aromatic nitrogens is 1. The van der Waals surface area contributed by atoms with Gasteiger partial charge in [0.2, 0.25) is 6.41 Å². The molecule has 1 aliphatic rings. The van der Waals surface area contributed by atoms with E-state index in [2.05, 4.69) is 58.0 Å². The van der Waals surface area contributed by atoms with E-state index in [4.69, 9.17) is 9.45 Å². The summed E-state index contributed by atoms with van der Waals surface area (Å²) in [5.41, 5.74) is 8.98. The van der Waals surface area contributed by atoms with Gasteiger partial charge in [0.15, 0.2) is 0 Å². The predicted octanol–water partition coefficient (Wildman–Crippen LogP) is 4.96. The fourth-order valence-electron chi connectivity index (χ4n) is 3.44. The molecule has 1 amide bonds. The molecule has 0 saturated heterocycles. The minimum Gasteiger partial charge on any atom is -0.429 e. The first-order valence-corrected chi connectivity index (χ1v) is 12.3. The Morgan fingerprint density at radius 1 is 1.26 bits per heavy atom. The monoisotopic (exact) mass is 581 g/mol. The van der Waals surface area contributed by atoms with Gasteiger partial charge in [-0.3, -0.25) is 4.79 Å². The summed E-state index contributed by atoms with van der Waals surface area (Å²) in [4.78, 5) is 24.5. The number of carbonyl (C=O) groups is 2. The number of H-pyrrole nitrogens is 1. The number of para-hydroxylation sites is 1. The third-order valence-corrected chi connectivity index (χ3v) is 5.81. The third kappa shape index (κ3) is 10.4. The lowest BCUT2D eigenvalue weighted by Crippen LogP contribution is -2.26. The smallest absolute Gasteiger partial charge is 0.361 e. The number of hydrogen-bond acceptors (Lipinski definition) is 4. The van der Waals surface area contributed by atoms with E-state index in [1.165, 1.54) is 28.1 Å². The average molecular weight is 581 g/mol. The third-order valence-electron chi connectivity index (χ3n) is 5.30. The first-order valence-electron chi connectivity index (χ1n) is 11.0. The van der Waals surface area contributed by atoms with E-state index in [0.29, 0.717) is 17.1 Å². The van der Waals surface area contributed by atoms with Gasteiger partial charge in [-0.05, 0) is 61.1 Å². The molecule has 34 heavy (non-hydrogen) atoms. The highest BCUT2D eigenvalue weighted by atomic mass is 127. The first-order chi connectivity index (χ1) is 16.3. The number of benzene rings is 2.